The van der Waals surface area contributed by atoms with E-state index in [1.807, 2.05) is 0 Å². The van der Waals surface area contributed by atoms with Crippen LogP contribution in [-0.4, -0.2) is 58.6 Å². The van der Waals surface area contributed by atoms with E-state index in [2.05, 4.69) is 0 Å². The normalized spacial score (nSPS) is 30.6. The second-order valence-electron chi connectivity index (χ2n) is 8.65. The Labute approximate surface area is 195 Å². The summed E-state index contributed by atoms with van der Waals surface area (Å²) < 4.78 is 20.2. The molecule has 5 aliphatic carbocycles. The molecule has 4 atom stereocenters. The van der Waals surface area contributed by atoms with E-state index in [1.54, 1.807) is 32.1 Å². The van der Waals surface area contributed by atoms with Crippen molar-refractivity contribution >= 4 is 30.2 Å². The monoisotopic (exact) mass is 468 g/mol. The largest absolute Gasteiger partial charge is 0.466 e. The Morgan fingerprint density at radius 2 is 1.26 bits per heavy atom. The molecule has 0 radical (unpaired) electrons. The van der Waals surface area contributed by atoms with Crippen LogP contribution in [0.4, 0.5) is 0 Å². The lowest BCUT2D eigenvalue weighted by Crippen LogP contribution is -2.46. The summed E-state index contributed by atoms with van der Waals surface area (Å²) in [5.41, 5.74) is -1.83. The van der Waals surface area contributed by atoms with Crippen LogP contribution < -0.4 is 0 Å². The highest BCUT2D eigenvalue weighted by molar-refractivity contribution is 6.12. The van der Waals surface area contributed by atoms with Crippen molar-refractivity contribution in [3.05, 3.63) is 57.2 Å². The predicted octanol–water partition coefficient (Wildman–Crippen LogP) is 1.55. The Balaban J connectivity index is 2.27. The highest BCUT2D eigenvalue weighted by Gasteiger charge is 2.75. The van der Waals surface area contributed by atoms with E-state index >= 15 is 0 Å². The molecule has 0 N–H and O–H groups in total. The first-order valence-electron chi connectivity index (χ1n) is 10.5. The average molecular weight is 468 g/mol. The van der Waals surface area contributed by atoms with Gasteiger partial charge in [-0.1, -0.05) is 29.4 Å². The lowest BCUT2D eigenvalue weighted by atomic mass is 9.55. The number of methoxy groups -OCH3 is 4. The van der Waals surface area contributed by atoms with Crippen molar-refractivity contribution in [3.8, 4) is 0 Å². The van der Waals surface area contributed by atoms with E-state index in [9.17, 15) is 24.0 Å². The molecule has 0 amide bonds. The van der Waals surface area contributed by atoms with Crippen LogP contribution >= 0.6 is 0 Å². The average Bonchev–Trinajstić information content (AvgIpc) is 3.13. The number of hydrogen-bond donors (Lipinski definition) is 0. The summed E-state index contributed by atoms with van der Waals surface area (Å²) in [6.45, 7) is 3.52. The molecule has 4 bridgehead atoms. The number of aldehydes is 1. The Hall–Kier alpha value is -3.75. The molecule has 5 rings (SSSR count). The number of carbonyl (C=O) groups excluding carboxylic acids is 5. The van der Waals surface area contributed by atoms with Crippen LogP contribution in [0, 0.1) is 22.7 Å². The van der Waals surface area contributed by atoms with Crippen molar-refractivity contribution in [1.29, 1.82) is 0 Å². The Morgan fingerprint density at radius 1 is 0.765 bits per heavy atom. The van der Waals surface area contributed by atoms with Crippen LogP contribution in [0.2, 0.25) is 0 Å². The smallest absolute Gasteiger partial charge is 0.335 e. The zero-order chi connectivity index (χ0) is 25.2. The molecule has 34 heavy (non-hydrogen) atoms. The maximum Gasteiger partial charge on any atom is 0.335 e. The molecular formula is C25H24O9. The molecule has 0 saturated carbocycles. The lowest BCUT2D eigenvalue weighted by molar-refractivity contribution is -0.141. The van der Waals surface area contributed by atoms with Crippen LogP contribution in [0.5, 0.6) is 0 Å². The van der Waals surface area contributed by atoms with E-state index in [0.717, 1.165) is 7.11 Å². The predicted molar refractivity (Wildman–Crippen MR) is 116 cm³/mol. The van der Waals surface area contributed by atoms with Gasteiger partial charge in [-0.3, -0.25) is 4.79 Å². The lowest BCUT2D eigenvalue weighted by Gasteiger charge is -2.44. The number of carbonyl (C=O) groups is 5. The van der Waals surface area contributed by atoms with E-state index in [0.29, 0.717) is 17.4 Å². The van der Waals surface area contributed by atoms with Crippen molar-refractivity contribution < 1.29 is 42.9 Å². The minimum Gasteiger partial charge on any atom is -0.466 e. The highest BCUT2D eigenvalue weighted by Crippen LogP contribution is 2.75. The molecule has 0 heterocycles. The second-order valence-corrected chi connectivity index (χ2v) is 8.65. The number of allylic oxidation sites excluding steroid dienone is 6. The van der Waals surface area contributed by atoms with Gasteiger partial charge < -0.3 is 18.9 Å². The van der Waals surface area contributed by atoms with Crippen molar-refractivity contribution in [2.45, 2.75) is 13.8 Å². The molecule has 9 heteroatoms. The molecule has 4 unspecified atom stereocenters. The first-order chi connectivity index (χ1) is 16.1. The van der Waals surface area contributed by atoms with Gasteiger partial charge >= 0.3 is 23.9 Å². The molecule has 9 nitrogen and oxygen atoms in total. The maximum absolute atomic E-state index is 13.4. The van der Waals surface area contributed by atoms with Gasteiger partial charge in [0.05, 0.1) is 56.1 Å². The van der Waals surface area contributed by atoms with E-state index in [1.165, 1.54) is 21.3 Å². The molecule has 0 aromatic carbocycles. The van der Waals surface area contributed by atoms with Gasteiger partial charge in [0.1, 0.15) is 6.29 Å². The van der Waals surface area contributed by atoms with Crippen LogP contribution in [-0.2, 0) is 42.9 Å². The molecule has 0 saturated heterocycles. The number of hydrogen-bond acceptors (Lipinski definition) is 9. The third-order valence-electron chi connectivity index (χ3n) is 7.42. The fourth-order valence-electron chi connectivity index (χ4n) is 6.46. The Bertz CT molecular complexity index is 1220. The van der Waals surface area contributed by atoms with Gasteiger partial charge in [-0.15, -0.1) is 0 Å². The summed E-state index contributed by atoms with van der Waals surface area (Å²) in [5, 5.41) is 0. The summed E-state index contributed by atoms with van der Waals surface area (Å²) in [6, 6.07) is 0. The van der Waals surface area contributed by atoms with Gasteiger partial charge in [0.25, 0.3) is 0 Å². The number of rotatable bonds is 5. The van der Waals surface area contributed by atoms with Crippen LogP contribution in [0.15, 0.2) is 57.2 Å². The SMILES string of the molecule is COC(=O)C1=C(C(=O)OC)C23C=C(C)C1C(C)=CC21C(C=O)=CC3C(C(=O)OC)=C1C(=O)OC. The summed E-state index contributed by atoms with van der Waals surface area (Å²) in [5.74, 6) is -4.87. The molecule has 0 fully saturated rings. The van der Waals surface area contributed by atoms with Crippen molar-refractivity contribution in [2.24, 2.45) is 22.7 Å². The van der Waals surface area contributed by atoms with Gasteiger partial charge in [0.15, 0.2) is 0 Å². The van der Waals surface area contributed by atoms with E-state index < -0.39 is 46.5 Å². The van der Waals surface area contributed by atoms with Gasteiger partial charge in [-0.2, -0.15) is 0 Å². The Morgan fingerprint density at radius 3 is 1.79 bits per heavy atom. The number of esters is 4. The van der Waals surface area contributed by atoms with Crippen LogP contribution in [0.3, 0.4) is 0 Å². The standard InChI is InChI=1S/C25H24O9/c1-11-8-24-13(10-26)7-14(16(20(27)31-3)18(24)22(29)33-5)25(24)9-12(2)15(11)17(21(28)32-4)19(25)23(30)34-6/h7-10,14-15H,1-6H3. The second kappa shape index (κ2) is 7.65. The molecular weight excluding hydrogens is 444 g/mol. The number of ether oxygens (including phenoxy) is 4. The third-order valence-corrected chi connectivity index (χ3v) is 7.42. The van der Waals surface area contributed by atoms with Gasteiger partial charge in [-0.25, -0.2) is 19.2 Å². The maximum atomic E-state index is 13.4. The fourth-order valence-corrected chi connectivity index (χ4v) is 6.46. The molecule has 0 aromatic rings. The third kappa shape index (κ3) is 2.41. The summed E-state index contributed by atoms with van der Waals surface area (Å²) in [6.07, 6.45) is 5.59. The van der Waals surface area contributed by atoms with Crippen LogP contribution in [0.25, 0.3) is 0 Å². The molecule has 1 spiro atoms. The quantitative estimate of drug-likeness (QED) is 0.256. The summed E-state index contributed by atoms with van der Waals surface area (Å²) in [4.78, 5) is 65.2. The van der Waals surface area contributed by atoms with E-state index in [4.69, 9.17) is 18.9 Å². The van der Waals surface area contributed by atoms with Gasteiger partial charge in [0, 0.05) is 22.8 Å². The molecule has 178 valence electrons. The zero-order valence-corrected chi connectivity index (χ0v) is 19.6. The zero-order valence-electron chi connectivity index (χ0n) is 19.6. The topological polar surface area (TPSA) is 122 Å². The summed E-state index contributed by atoms with van der Waals surface area (Å²) in [7, 11) is 4.70. The van der Waals surface area contributed by atoms with Crippen molar-refractivity contribution in [2.75, 3.05) is 28.4 Å². The minimum atomic E-state index is -1.60. The van der Waals surface area contributed by atoms with Crippen molar-refractivity contribution in [1.82, 2.24) is 0 Å². The molecule has 5 aliphatic rings. The van der Waals surface area contributed by atoms with Crippen molar-refractivity contribution in [3.63, 3.8) is 0 Å². The molecule has 0 aliphatic heterocycles. The minimum absolute atomic E-state index is 0.0426. The molecule has 0 aromatic heterocycles. The van der Waals surface area contributed by atoms with Gasteiger partial charge in [-0.05, 0) is 13.8 Å². The highest BCUT2D eigenvalue weighted by atomic mass is 16.5. The van der Waals surface area contributed by atoms with E-state index in [-0.39, 0.29) is 27.9 Å². The van der Waals surface area contributed by atoms with Crippen LogP contribution in [0.1, 0.15) is 13.8 Å². The first-order valence-corrected chi connectivity index (χ1v) is 10.5. The van der Waals surface area contributed by atoms with Gasteiger partial charge in [0.2, 0.25) is 0 Å². The fraction of sp³-hybridized carbons (Fsp3) is 0.400. The Kier molecular flexibility index (Phi) is 5.27. The first kappa shape index (κ1) is 23.4. The summed E-state index contributed by atoms with van der Waals surface area (Å²) >= 11 is 0.